The maximum atomic E-state index is 12.2. The first-order chi connectivity index (χ1) is 9.29. The van der Waals surface area contributed by atoms with Crippen molar-refractivity contribution in [1.29, 1.82) is 0 Å². The number of hydrogen-bond acceptors (Lipinski definition) is 4. The van der Waals surface area contributed by atoms with Crippen molar-refractivity contribution in [2.45, 2.75) is 51.9 Å². The van der Waals surface area contributed by atoms with Gasteiger partial charge in [-0.3, -0.25) is 4.79 Å². The molecule has 0 bridgehead atoms. The van der Waals surface area contributed by atoms with Gasteiger partial charge in [0.05, 0.1) is 5.54 Å². The van der Waals surface area contributed by atoms with E-state index in [9.17, 15) is 4.79 Å². The number of amides is 1. The number of fused-ring (bicyclic) bond motifs is 1. The lowest BCUT2D eigenvalue weighted by atomic mass is 9.93. The van der Waals surface area contributed by atoms with Crippen LogP contribution in [0.1, 0.15) is 40.5 Å². The van der Waals surface area contributed by atoms with Gasteiger partial charge in [-0.05, 0) is 25.0 Å². The van der Waals surface area contributed by atoms with E-state index < -0.39 is 11.3 Å². The van der Waals surface area contributed by atoms with Crippen molar-refractivity contribution in [2.75, 3.05) is 5.32 Å². The second-order valence-corrected chi connectivity index (χ2v) is 5.58. The highest BCUT2D eigenvalue weighted by atomic mass is 16.7. The molecule has 0 radical (unpaired) electrons. The van der Waals surface area contributed by atoms with Crippen LogP contribution in [0.25, 0.3) is 0 Å². The molecular weight excluding hydrogens is 256 g/mol. The van der Waals surface area contributed by atoms with Crippen LogP contribution in [0.3, 0.4) is 0 Å². The first-order valence-electron chi connectivity index (χ1n) is 6.92. The third-order valence-corrected chi connectivity index (χ3v) is 3.63. The molecule has 0 atom stereocenters. The molecule has 0 saturated carbocycles. The fourth-order valence-corrected chi connectivity index (χ4v) is 2.13. The molecule has 1 aliphatic rings. The second kappa shape index (κ2) is 4.98. The Bertz CT molecular complexity index is 522. The van der Waals surface area contributed by atoms with E-state index in [-0.39, 0.29) is 5.91 Å². The lowest BCUT2D eigenvalue weighted by Gasteiger charge is -2.25. The van der Waals surface area contributed by atoms with E-state index in [4.69, 9.17) is 15.2 Å². The standard InChI is InChI=1S/C15H22N2O3/c1-5-15(16,6-2)13(18)17-10-7-8-11-12(9-10)20-14(3,4)19-11/h7-9H,5-6,16H2,1-4H3,(H,17,18). The Balaban J connectivity index is 2.15. The highest BCUT2D eigenvalue weighted by Crippen LogP contribution is 2.40. The van der Waals surface area contributed by atoms with Crippen LogP contribution in [0, 0.1) is 0 Å². The molecule has 20 heavy (non-hydrogen) atoms. The van der Waals surface area contributed by atoms with Gasteiger partial charge in [-0.1, -0.05) is 13.8 Å². The SMILES string of the molecule is CCC(N)(CC)C(=O)Nc1ccc2c(c1)OC(C)(C)O2. The summed E-state index contributed by atoms with van der Waals surface area (Å²) in [5.74, 6) is 0.456. The number of ether oxygens (including phenoxy) is 2. The van der Waals surface area contributed by atoms with Crippen molar-refractivity contribution in [3.05, 3.63) is 18.2 Å². The summed E-state index contributed by atoms with van der Waals surface area (Å²) in [6.45, 7) is 7.49. The molecule has 0 unspecified atom stereocenters. The molecule has 110 valence electrons. The Kier molecular flexibility index (Phi) is 3.65. The quantitative estimate of drug-likeness (QED) is 0.888. The summed E-state index contributed by atoms with van der Waals surface area (Å²) >= 11 is 0. The second-order valence-electron chi connectivity index (χ2n) is 5.58. The molecule has 0 aromatic heterocycles. The average Bonchev–Trinajstić information content (AvgIpc) is 2.70. The molecule has 0 spiro atoms. The Morgan fingerprint density at radius 2 is 1.85 bits per heavy atom. The van der Waals surface area contributed by atoms with Gasteiger partial charge in [-0.25, -0.2) is 0 Å². The highest BCUT2D eigenvalue weighted by Gasteiger charge is 2.33. The number of benzene rings is 1. The Hall–Kier alpha value is -1.75. The van der Waals surface area contributed by atoms with Crippen molar-refractivity contribution >= 4 is 11.6 Å². The van der Waals surface area contributed by atoms with Gasteiger partial charge in [-0.15, -0.1) is 0 Å². The van der Waals surface area contributed by atoms with E-state index in [1.165, 1.54) is 0 Å². The fourth-order valence-electron chi connectivity index (χ4n) is 2.13. The molecule has 1 amide bonds. The maximum absolute atomic E-state index is 12.2. The Morgan fingerprint density at radius 3 is 2.45 bits per heavy atom. The first-order valence-corrected chi connectivity index (χ1v) is 6.92. The van der Waals surface area contributed by atoms with Crippen molar-refractivity contribution in [3.63, 3.8) is 0 Å². The van der Waals surface area contributed by atoms with E-state index in [1.807, 2.05) is 27.7 Å². The molecule has 0 fully saturated rings. The summed E-state index contributed by atoms with van der Waals surface area (Å²) in [6.07, 6.45) is 1.18. The van der Waals surface area contributed by atoms with Crippen LogP contribution in [0.5, 0.6) is 11.5 Å². The molecule has 5 heteroatoms. The molecule has 0 saturated heterocycles. The zero-order valence-corrected chi connectivity index (χ0v) is 12.4. The van der Waals surface area contributed by atoms with Gasteiger partial charge in [0.15, 0.2) is 11.5 Å². The predicted octanol–water partition coefficient (Wildman–Crippen LogP) is 2.65. The molecule has 1 aromatic carbocycles. The van der Waals surface area contributed by atoms with Gasteiger partial charge in [0.1, 0.15) is 0 Å². The summed E-state index contributed by atoms with van der Waals surface area (Å²) in [5.41, 5.74) is 5.90. The molecule has 1 heterocycles. The van der Waals surface area contributed by atoms with Crippen LogP contribution < -0.4 is 20.5 Å². The van der Waals surface area contributed by atoms with Gasteiger partial charge in [0.25, 0.3) is 0 Å². The van der Waals surface area contributed by atoms with Gasteiger partial charge in [-0.2, -0.15) is 0 Å². The van der Waals surface area contributed by atoms with Crippen LogP contribution in [0.2, 0.25) is 0 Å². The maximum Gasteiger partial charge on any atom is 0.246 e. The van der Waals surface area contributed by atoms with Gasteiger partial charge >= 0.3 is 0 Å². The third-order valence-electron chi connectivity index (χ3n) is 3.63. The van der Waals surface area contributed by atoms with Crippen molar-refractivity contribution in [2.24, 2.45) is 5.73 Å². The normalized spacial score (nSPS) is 16.1. The number of nitrogens with two attached hydrogens (primary N) is 1. The number of nitrogens with one attached hydrogen (secondary N) is 1. The third kappa shape index (κ3) is 2.72. The van der Waals surface area contributed by atoms with E-state index in [0.717, 1.165) is 0 Å². The van der Waals surface area contributed by atoms with Crippen LogP contribution in [0.15, 0.2) is 18.2 Å². The smallest absolute Gasteiger partial charge is 0.246 e. The van der Waals surface area contributed by atoms with E-state index in [1.54, 1.807) is 18.2 Å². The molecule has 2 rings (SSSR count). The minimum absolute atomic E-state index is 0.180. The van der Waals surface area contributed by atoms with Crippen molar-refractivity contribution < 1.29 is 14.3 Å². The average molecular weight is 278 g/mol. The largest absolute Gasteiger partial charge is 0.449 e. The number of rotatable bonds is 4. The van der Waals surface area contributed by atoms with Gasteiger partial charge < -0.3 is 20.5 Å². The minimum atomic E-state index is -0.838. The van der Waals surface area contributed by atoms with Gasteiger partial charge in [0.2, 0.25) is 11.7 Å². The monoisotopic (exact) mass is 278 g/mol. The van der Waals surface area contributed by atoms with E-state index >= 15 is 0 Å². The predicted molar refractivity (Wildman–Crippen MR) is 77.9 cm³/mol. The molecule has 1 aromatic rings. The zero-order valence-electron chi connectivity index (χ0n) is 12.4. The van der Waals surface area contributed by atoms with Crippen LogP contribution in [0.4, 0.5) is 5.69 Å². The molecule has 1 aliphatic heterocycles. The summed E-state index contributed by atoms with van der Waals surface area (Å²) in [6, 6.07) is 5.33. The summed E-state index contributed by atoms with van der Waals surface area (Å²) in [4.78, 5) is 12.2. The van der Waals surface area contributed by atoms with Crippen LogP contribution in [-0.4, -0.2) is 17.2 Å². The highest BCUT2D eigenvalue weighted by molar-refractivity contribution is 5.98. The van der Waals surface area contributed by atoms with E-state index in [0.29, 0.717) is 30.0 Å². The molecule has 5 nitrogen and oxygen atoms in total. The fraction of sp³-hybridized carbons (Fsp3) is 0.533. The number of hydrogen-bond donors (Lipinski definition) is 2. The van der Waals surface area contributed by atoms with Crippen molar-refractivity contribution in [1.82, 2.24) is 0 Å². The number of carbonyl (C=O) groups excluding carboxylic acids is 1. The lowest BCUT2D eigenvalue weighted by Crippen LogP contribution is -2.50. The Labute approximate surface area is 119 Å². The zero-order chi connectivity index (χ0) is 15.0. The molecular formula is C15H22N2O3. The lowest BCUT2D eigenvalue weighted by molar-refractivity contribution is -0.121. The van der Waals surface area contributed by atoms with Gasteiger partial charge in [0, 0.05) is 25.6 Å². The van der Waals surface area contributed by atoms with Crippen molar-refractivity contribution in [3.8, 4) is 11.5 Å². The van der Waals surface area contributed by atoms with Crippen LogP contribution in [-0.2, 0) is 4.79 Å². The van der Waals surface area contributed by atoms with E-state index in [2.05, 4.69) is 5.32 Å². The topological polar surface area (TPSA) is 73.6 Å². The minimum Gasteiger partial charge on any atom is -0.449 e. The molecule has 3 N–H and O–H groups in total. The summed E-state index contributed by atoms with van der Waals surface area (Å²) < 4.78 is 11.3. The first kappa shape index (κ1) is 14.7. The number of anilines is 1. The molecule has 0 aliphatic carbocycles. The number of carbonyl (C=O) groups is 1. The summed E-state index contributed by atoms with van der Waals surface area (Å²) in [7, 11) is 0. The summed E-state index contributed by atoms with van der Waals surface area (Å²) in [5, 5.41) is 2.84. The van der Waals surface area contributed by atoms with Crippen LogP contribution >= 0.6 is 0 Å². The Morgan fingerprint density at radius 1 is 1.25 bits per heavy atom.